The highest BCUT2D eigenvalue weighted by molar-refractivity contribution is 9.10. The van der Waals surface area contributed by atoms with Gasteiger partial charge < -0.3 is 9.47 Å². The van der Waals surface area contributed by atoms with Crippen LogP contribution < -0.4 is 9.47 Å². The summed E-state index contributed by atoms with van der Waals surface area (Å²) in [6.07, 6.45) is 1.84. The molecule has 1 heterocycles. The Labute approximate surface area is 91.7 Å². The third kappa shape index (κ3) is 1.64. The molecule has 2 nitrogen and oxygen atoms in total. The first-order valence-corrected chi connectivity index (χ1v) is 5.22. The van der Waals surface area contributed by atoms with Crippen LogP contribution in [0.5, 0.6) is 11.5 Å². The van der Waals surface area contributed by atoms with Crippen LogP contribution in [0.4, 0.5) is 0 Å². The number of hydrogen-bond acceptors (Lipinski definition) is 2. The molecule has 0 radical (unpaired) electrons. The van der Waals surface area contributed by atoms with E-state index in [4.69, 9.17) is 9.47 Å². The average molecular weight is 255 g/mol. The minimum absolute atomic E-state index is 0.759. The lowest BCUT2D eigenvalue weighted by Gasteiger charge is -2.21. The fourth-order valence-electron chi connectivity index (χ4n) is 1.55. The molecule has 3 heteroatoms. The van der Waals surface area contributed by atoms with Gasteiger partial charge in [-0.2, -0.15) is 0 Å². The number of ether oxygens (including phenoxy) is 2. The molecule has 0 unspecified atom stereocenters. The summed E-state index contributed by atoms with van der Waals surface area (Å²) in [4.78, 5) is 0. The Morgan fingerprint density at radius 2 is 2.21 bits per heavy atom. The van der Waals surface area contributed by atoms with Gasteiger partial charge >= 0.3 is 0 Å². The van der Waals surface area contributed by atoms with Crippen molar-refractivity contribution < 1.29 is 9.47 Å². The monoisotopic (exact) mass is 254 g/mol. The summed E-state index contributed by atoms with van der Waals surface area (Å²) in [7, 11) is 1.64. The van der Waals surface area contributed by atoms with Crippen LogP contribution in [0.25, 0.3) is 0 Å². The van der Waals surface area contributed by atoms with Gasteiger partial charge in [-0.3, -0.25) is 0 Å². The van der Waals surface area contributed by atoms with Crippen molar-refractivity contribution in [2.75, 3.05) is 7.11 Å². The minimum atomic E-state index is 0.759. The third-order valence-electron chi connectivity index (χ3n) is 2.24. The van der Waals surface area contributed by atoms with Crippen molar-refractivity contribution in [3.8, 4) is 11.5 Å². The van der Waals surface area contributed by atoms with Crippen molar-refractivity contribution in [3.63, 3.8) is 0 Å². The standard InChI is InChI=1S/C11H11BrO2/c1-7-3-4-8-5-9(12)6-10(13-2)11(8)14-7/h5-6H,1,3-4H2,2H3. The van der Waals surface area contributed by atoms with Crippen molar-refractivity contribution in [3.05, 3.63) is 34.5 Å². The number of allylic oxidation sites excluding steroid dienone is 1. The molecule has 0 bridgehead atoms. The number of aryl methyl sites for hydroxylation is 1. The Balaban J connectivity index is 2.52. The maximum atomic E-state index is 5.57. The molecule has 14 heavy (non-hydrogen) atoms. The highest BCUT2D eigenvalue weighted by Gasteiger charge is 2.18. The van der Waals surface area contributed by atoms with Crippen LogP contribution in [0.2, 0.25) is 0 Å². The van der Waals surface area contributed by atoms with Crippen LogP contribution in [-0.2, 0) is 6.42 Å². The SMILES string of the molecule is C=C1CCc2cc(Br)cc(OC)c2O1. The number of halogens is 1. The number of benzene rings is 1. The highest BCUT2D eigenvalue weighted by Crippen LogP contribution is 2.39. The molecule has 0 atom stereocenters. The van der Waals surface area contributed by atoms with E-state index in [0.717, 1.165) is 34.6 Å². The first-order valence-electron chi connectivity index (χ1n) is 4.42. The maximum absolute atomic E-state index is 5.57. The van der Waals surface area contributed by atoms with Gasteiger partial charge in [-0.15, -0.1) is 0 Å². The van der Waals surface area contributed by atoms with Gasteiger partial charge in [-0.05, 0) is 18.6 Å². The molecule has 2 rings (SSSR count). The zero-order valence-corrected chi connectivity index (χ0v) is 9.56. The molecule has 1 aliphatic heterocycles. The van der Waals surface area contributed by atoms with Gasteiger partial charge in [0.15, 0.2) is 11.5 Å². The number of fused-ring (bicyclic) bond motifs is 1. The van der Waals surface area contributed by atoms with Crippen molar-refractivity contribution >= 4 is 15.9 Å². The van der Waals surface area contributed by atoms with E-state index in [9.17, 15) is 0 Å². The molecule has 1 aromatic carbocycles. The molecule has 1 aromatic rings. The fraction of sp³-hybridized carbons (Fsp3) is 0.273. The van der Waals surface area contributed by atoms with E-state index >= 15 is 0 Å². The molecule has 0 amide bonds. The lowest BCUT2D eigenvalue weighted by atomic mass is 10.0. The Morgan fingerprint density at radius 1 is 1.43 bits per heavy atom. The van der Waals surface area contributed by atoms with Crippen LogP contribution in [0.3, 0.4) is 0 Å². The average Bonchev–Trinajstić information content (AvgIpc) is 2.17. The van der Waals surface area contributed by atoms with E-state index in [-0.39, 0.29) is 0 Å². The van der Waals surface area contributed by atoms with Gasteiger partial charge in [0.1, 0.15) is 0 Å². The van der Waals surface area contributed by atoms with E-state index in [1.807, 2.05) is 6.07 Å². The zero-order valence-electron chi connectivity index (χ0n) is 7.97. The van der Waals surface area contributed by atoms with Crippen LogP contribution in [-0.4, -0.2) is 7.11 Å². The molecule has 1 aliphatic rings. The van der Waals surface area contributed by atoms with E-state index in [1.165, 1.54) is 5.56 Å². The normalized spacial score (nSPS) is 14.6. The maximum Gasteiger partial charge on any atom is 0.172 e. The summed E-state index contributed by atoms with van der Waals surface area (Å²) in [5.74, 6) is 2.38. The Kier molecular flexibility index (Phi) is 2.50. The Hall–Kier alpha value is -0.960. The fourth-order valence-corrected chi connectivity index (χ4v) is 2.03. The van der Waals surface area contributed by atoms with E-state index in [0.29, 0.717) is 0 Å². The summed E-state index contributed by atoms with van der Waals surface area (Å²) in [5.41, 5.74) is 1.17. The second-order valence-corrected chi connectivity index (χ2v) is 4.15. The van der Waals surface area contributed by atoms with E-state index in [2.05, 4.69) is 28.6 Å². The van der Waals surface area contributed by atoms with Crippen molar-refractivity contribution in [1.29, 1.82) is 0 Å². The number of methoxy groups -OCH3 is 1. The van der Waals surface area contributed by atoms with Gasteiger partial charge in [-0.25, -0.2) is 0 Å². The number of hydrogen-bond donors (Lipinski definition) is 0. The van der Waals surface area contributed by atoms with Crippen molar-refractivity contribution in [2.45, 2.75) is 12.8 Å². The van der Waals surface area contributed by atoms with Crippen molar-refractivity contribution in [1.82, 2.24) is 0 Å². The van der Waals surface area contributed by atoms with Gasteiger partial charge in [0.2, 0.25) is 0 Å². The lowest BCUT2D eigenvalue weighted by molar-refractivity contribution is 0.337. The van der Waals surface area contributed by atoms with Crippen LogP contribution >= 0.6 is 15.9 Å². The minimum Gasteiger partial charge on any atom is -0.493 e. The lowest BCUT2D eigenvalue weighted by Crippen LogP contribution is -2.07. The predicted molar refractivity (Wildman–Crippen MR) is 58.8 cm³/mol. The molecule has 0 spiro atoms. The van der Waals surface area contributed by atoms with Crippen LogP contribution in [0, 0.1) is 0 Å². The number of rotatable bonds is 1. The zero-order chi connectivity index (χ0) is 10.1. The van der Waals surface area contributed by atoms with E-state index < -0.39 is 0 Å². The third-order valence-corrected chi connectivity index (χ3v) is 2.69. The van der Waals surface area contributed by atoms with Crippen molar-refractivity contribution in [2.24, 2.45) is 0 Å². The topological polar surface area (TPSA) is 18.5 Å². The second-order valence-electron chi connectivity index (χ2n) is 3.24. The summed E-state index contributed by atoms with van der Waals surface area (Å²) in [6, 6.07) is 3.96. The summed E-state index contributed by atoms with van der Waals surface area (Å²) in [5, 5.41) is 0. The quantitative estimate of drug-likeness (QED) is 0.766. The summed E-state index contributed by atoms with van der Waals surface area (Å²) in [6.45, 7) is 3.82. The first kappa shape index (κ1) is 9.59. The summed E-state index contributed by atoms with van der Waals surface area (Å²) < 4.78 is 11.8. The summed E-state index contributed by atoms with van der Waals surface area (Å²) >= 11 is 3.44. The molecule has 0 N–H and O–H groups in total. The smallest absolute Gasteiger partial charge is 0.172 e. The molecule has 0 saturated carbocycles. The molecule has 0 saturated heterocycles. The highest BCUT2D eigenvalue weighted by atomic mass is 79.9. The Bertz CT molecular complexity index is 368. The van der Waals surface area contributed by atoms with Gasteiger partial charge in [-0.1, -0.05) is 22.5 Å². The van der Waals surface area contributed by atoms with Gasteiger partial charge in [0.05, 0.1) is 12.9 Å². The van der Waals surface area contributed by atoms with Crippen LogP contribution in [0.15, 0.2) is 28.9 Å². The largest absolute Gasteiger partial charge is 0.493 e. The predicted octanol–water partition coefficient (Wildman–Crippen LogP) is 3.30. The molecule has 0 aliphatic carbocycles. The molecular weight excluding hydrogens is 244 g/mol. The Morgan fingerprint density at radius 3 is 2.93 bits per heavy atom. The molecule has 0 aromatic heterocycles. The van der Waals surface area contributed by atoms with E-state index in [1.54, 1.807) is 7.11 Å². The first-order chi connectivity index (χ1) is 6.70. The van der Waals surface area contributed by atoms with Gasteiger partial charge in [0, 0.05) is 16.5 Å². The molecule has 0 fully saturated rings. The van der Waals surface area contributed by atoms with Crippen LogP contribution in [0.1, 0.15) is 12.0 Å². The van der Waals surface area contributed by atoms with Gasteiger partial charge in [0.25, 0.3) is 0 Å². The second kappa shape index (κ2) is 3.65. The molecular formula is C11H11BrO2. The molecule has 74 valence electrons.